The van der Waals surface area contributed by atoms with E-state index in [1.54, 1.807) is 6.92 Å². The molecule has 0 saturated carbocycles. The number of nitrogens with one attached hydrogen (secondary N) is 2. The maximum Gasteiger partial charge on any atom is 0.343 e. The van der Waals surface area contributed by atoms with Gasteiger partial charge >= 0.3 is 5.97 Å². The third-order valence-corrected chi connectivity index (χ3v) is 4.09. The summed E-state index contributed by atoms with van der Waals surface area (Å²) in [5.74, 6) is -0.802. The van der Waals surface area contributed by atoms with Gasteiger partial charge in [-0.1, -0.05) is 19.8 Å². The molecule has 6 nitrogen and oxygen atoms in total. The van der Waals surface area contributed by atoms with Crippen molar-refractivity contribution in [1.82, 2.24) is 5.32 Å². The molecule has 0 aliphatic rings. The van der Waals surface area contributed by atoms with E-state index in [1.165, 1.54) is 18.4 Å². The van der Waals surface area contributed by atoms with Crippen molar-refractivity contribution in [1.29, 1.82) is 0 Å². The van der Waals surface area contributed by atoms with Crippen molar-refractivity contribution in [2.75, 3.05) is 31.2 Å². The number of thiophene rings is 1. The van der Waals surface area contributed by atoms with Crippen LogP contribution < -0.4 is 16.4 Å². The number of hydrogen-bond acceptors (Lipinski definition) is 6. The van der Waals surface area contributed by atoms with E-state index in [9.17, 15) is 9.59 Å². The lowest BCUT2D eigenvalue weighted by Gasteiger charge is -2.07. The molecule has 118 valence electrons. The van der Waals surface area contributed by atoms with Crippen LogP contribution in [0.5, 0.6) is 0 Å². The number of hydrogen-bond donors (Lipinski definition) is 3. The topological polar surface area (TPSA) is 93.5 Å². The van der Waals surface area contributed by atoms with Crippen molar-refractivity contribution < 1.29 is 14.3 Å². The van der Waals surface area contributed by atoms with Gasteiger partial charge in [-0.2, -0.15) is 0 Å². The molecule has 1 aromatic heterocycles. The number of nitrogens with two attached hydrogens (primary N) is 1. The van der Waals surface area contributed by atoms with Crippen LogP contribution in [0.4, 0.5) is 10.7 Å². The number of unbranched alkanes of at least 4 members (excludes halogenated alkanes) is 2. The highest BCUT2D eigenvalue weighted by Gasteiger charge is 2.25. The van der Waals surface area contributed by atoms with Gasteiger partial charge in [0, 0.05) is 13.6 Å². The molecule has 0 aliphatic heterocycles. The van der Waals surface area contributed by atoms with E-state index in [2.05, 4.69) is 17.6 Å². The smallest absolute Gasteiger partial charge is 0.343 e. The molecule has 1 rings (SSSR count). The van der Waals surface area contributed by atoms with Gasteiger partial charge in [-0.05, 0) is 13.3 Å². The molecule has 0 atom stereocenters. The van der Waals surface area contributed by atoms with E-state index in [4.69, 9.17) is 10.5 Å². The van der Waals surface area contributed by atoms with Crippen molar-refractivity contribution in [2.45, 2.75) is 33.1 Å². The third kappa shape index (κ3) is 4.35. The number of ether oxygens (including phenoxy) is 1. The summed E-state index contributed by atoms with van der Waals surface area (Å²) >= 11 is 1.18. The summed E-state index contributed by atoms with van der Waals surface area (Å²) in [6.45, 7) is 4.84. The van der Waals surface area contributed by atoms with Crippen LogP contribution in [0.15, 0.2) is 0 Å². The van der Waals surface area contributed by atoms with Gasteiger partial charge < -0.3 is 21.1 Å². The van der Waals surface area contributed by atoms with Crippen molar-refractivity contribution in [2.24, 2.45) is 0 Å². The lowest BCUT2D eigenvalue weighted by atomic mass is 10.2. The van der Waals surface area contributed by atoms with Crippen LogP contribution in [0, 0.1) is 0 Å². The molecule has 1 aromatic rings. The van der Waals surface area contributed by atoms with Gasteiger partial charge in [-0.15, -0.1) is 11.3 Å². The van der Waals surface area contributed by atoms with E-state index in [-0.39, 0.29) is 23.8 Å². The van der Waals surface area contributed by atoms with E-state index in [1.807, 2.05) is 0 Å². The lowest BCUT2D eigenvalue weighted by molar-refractivity contribution is 0.0529. The Morgan fingerprint density at radius 2 is 2.00 bits per heavy atom. The Morgan fingerprint density at radius 3 is 2.57 bits per heavy atom. The van der Waals surface area contributed by atoms with E-state index in [0.717, 1.165) is 25.8 Å². The number of anilines is 2. The van der Waals surface area contributed by atoms with Gasteiger partial charge in [0.15, 0.2) is 0 Å². The number of rotatable bonds is 8. The van der Waals surface area contributed by atoms with Crippen molar-refractivity contribution in [3.8, 4) is 0 Å². The minimum atomic E-state index is -0.501. The van der Waals surface area contributed by atoms with E-state index in [0.29, 0.717) is 9.88 Å². The summed E-state index contributed by atoms with van der Waals surface area (Å²) in [5, 5.41) is 6.30. The second-order valence-corrected chi connectivity index (χ2v) is 5.50. The number of esters is 1. The monoisotopic (exact) mass is 313 g/mol. The molecule has 0 radical (unpaired) electrons. The zero-order valence-electron chi connectivity index (χ0n) is 12.7. The summed E-state index contributed by atoms with van der Waals surface area (Å²) in [6, 6.07) is 0. The predicted molar refractivity (Wildman–Crippen MR) is 86.1 cm³/mol. The molecule has 7 heteroatoms. The fourth-order valence-corrected chi connectivity index (χ4v) is 2.91. The Kier molecular flexibility index (Phi) is 7.01. The number of nitrogen functional groups attached to an aromatic ring is 1. The van der Waals surface area contributed by atoms with Crippen LogP contribution >= 0.6 is 11.3 Å². The normalized spacial score (nSPS) is 10.2. The van der Waals surface area contributed by atoms with Gasteiger partial charge in [0.1, 0.15) is 15.4 Å². The Morgan fingerprint density at radius 1 is 1.29 bits per heavy atom. The molecule has 1 heterocycles. The maximum absolute atomic E-state index is 12.0. The molecule has 1 amide bonds. The highest BCUT2D eigenvalue weighted by atomic mass is 32.1. The van der Waals surface area contributed by atoms with Gasteiger partial charge in [-0.25, -0.2) is 4.79 Å². The van der Waals surface area contributed by atoms with Gasteiger partial charge in [-0.3, -0.25) is 4.79 Å². The van der Waals surface area contributed by atoms with Crippen LogP contribution in [-0.2, 0) is 4.74 Å². The maximum atomic E-state index is 12.0. The van der Waals surface area contributed by atoms with Crippen LogP contribution in [0.25, 0.3) is 0 Å². The fourth-order valence-electron chi connectivity index (χ4n) is 1.83. The SMILES string of the molecule is CCCCCNc1sc(C(=O)NC)c(N)c1C(=O)OCC. The number of carbonyl (C=O) groups is 2. The largest absolute Gasteiger partial charge is 0.462 e. The molecule has 0 fully saturated rings. The predicted octanol–water partition coefficient (Wildman–Crippen LogP) is 2.47. The van der Waals surface area contributed by atoms with Crippen molar-refractivity contribution >= 4 is 33.9 Å². The summed E-state index contributed by atoms with van der Waals surface area (Å²) in [5.41, 5.74) is 6.39. The zero-order chi connectivity index (χ0) is 15.8. The third-order valence-electron chi connectivity index (χ3n) is 2.92. The molecule has 0 unspecified atom stereocenters. The first-order chi connectivity index (χ1) is 10.1. The van der Waals surface area contributed by atoms with Crippen LogP contribution in [-0.4, -0.2) is 32.1 Å². The number of amides is 1. The standard InChI is InChI=1S/C14H23N3O3S/c1-4-6-7-8-17-13-9(14(19)20-5-2)10(15)11(21-13)12(18)16-3/h17H,4-8,15H2,1-3H3,(H,16,18). The highest BCUT2D eigenvalue weighted by molar-refractivity contribution is 7.19. The Balaban J connectivity index is 3.02. The summed E-state index contributed by atoms with van der Waals surface area (Å²) < 4.78 is 5.02. The lowest BCUT2D eigenvalue weighted by Crippen LogP contribution is -2.18. The Hall–Kier alpha value is -1.76. The van der Waals surface area contributed by atoms with Crippen molar-refractivity contribution in [3.63, 3.8) is 0 Å². The quantitative estimate of drug-likeness (QED) is 0.506. The van der Waals surface area contributed by atoms with Gasteiger partial charge in [0.2, 0.25) is 0 Å². The summed E-state index contributed by atoms with van der Waals surface area (Å²) in [6.07, 6.45) is 3.21. The first kappa shape index (κ1) is 17.3. The first-order valence-corrected chi connectivity index (χ1v) is 7.93. The molecule has 0 aromatic carbocycles. The van der Waals surface area contributed by atoms with Gasteiger partial charge in [0.05, 0.1) is 12.3 Å². The fraction of sp³-hybridized carbons (Fsp3) is 0.571. The highest BCUT2D eigenvalue weighted by Crippen LogP contribution is 2.36. The molecule has 0 aliphatic carbocycles. The Labute approximate surface area is 129 Å². The molecule has 4 N–H and O–H groups in total. The average Bonchev–Trinajstić information content (AvgIpc) is 2.80. The zero-order valence-corrected chi connectivity index (χ0v) is 13.6. The van der Waals surface area contributed by atoms with E-state index < -0.39 is 5.97 Å². The van der Waals surface area contributed by atoms with Crippen LogP contribution in [0.3, 0.4) is 0 Å². The Bertz CT molecular complexity index is 500. The number of carbonyl (C=O) groups excluding carboxylic acids is 2. The molecule has 21 heavy (non-hydrogen) atoms. The summed E-state index contributed by atoms with van der Waals surface area (Å²) in [4.78, 5) is 24.2. The molecule has 0 saturated heterocycles. The second kappa shape index (κ2) is 8.51. The molecule has 0 spiro atoms. The summed E-state index contributed by atoms with van der Waals surface area (Å²) in [7, 11) is 1.53. The van der Waals surface area contributed by atoms with E-state index >= 15 is 0 Å². The first-order valence-electron chi connectivity index (χ1n) is 7.12. The second-order valence-electron chi connectivity index (χ2n) is 4.48. The minimum absolute atomic E-state index is 0.177. The molecular formula is C14H23N3O3S. The van der Waals surface area contributed by atoms with Crippen LogP contribution in [0.1, 0.15) is 53.1 Å². The molecular weight excluding hydrogens is 290 g/mol. The van der Waals surface area contributed by atoms with Crippen molar-refractivity contribution in [3.05, 3.63) is 10.4 Å². The average molecular weight is 313 g/mol. The molecule has 0 bridgehead atoms. The van der Waals surface area contributed by atoms with Gasteiger partial charge in [0.25, 0.3) is 5.91 Å². The minimum Gasteiger partial charge on any atom is -0.462 e. The van der Waals surface area contributed by atoms with Crippen LogP contribution in [0.2, 0.25) is 0 Å².